The van der Waals surface area contributed by atoms with E-state index in [4.69, 9.17) is 14.2 Å². The molecule has 0 aliphatic carbocycles. The average Bonchev–Trinajstić information content (AvgIpc) is 2.93. The van der Waals surface area contributed by atoms with Crippen molar-refractivity contribution in [3.8, 4) is 17.2 Å². The zero-order valence-electron chi connectivity index (χ0n) is 21.4. The normalized spacial score (nSPS) is 10.5. The van der Waals surface area contributed by atoms with Crippen LogP contribution in [0.4, 0.5) is 11.4 Å². The highest BCUT2D eigenvalue weighted by molar-refractivity contribution is 6.39. The van der Waals surface area contributed by atoms with Crippen molar-refractivity contribution in [2.24, 2.45) is 5.10 Å². The summed E-state index contributed by atoms with van der Waals surface area (Å²) in [7, 11) is 1.46. The number of aryl methyl sites for hydroxylation is 1. The molecule has 0 aliphatic heterocycles. The highest BCUT2D eigenvalue weighted by atomic mass is 16.5. The molecule has 3 N–H and O–H groups in total. The number of rotatable bonds is 11. The van der Waals surface area contributed by atoms with Crippen LogP contribution in [-0.2, 0) is 20.8 Å². The predicted molar refractivity (Wildman–Crippen MR) is 145 cm³/mol. The van der Waals surface area contributed by atoms with Crippen molar-refractivity contribution in [3.05, 3.63) is 77.9 Å². The summed E-state index contributed by atoms with van der Waals surface area (Å²) in [5, 5.41) is 9.16. The summed E-state index contributed by atoms with van der Waals surface area (Å²) in [5.74, 6) is -0.641. The molecule has 0 unspecified atom stereocenters. The minimum absolute atomic E-state index is 0.233. The molecule has 3 rings (SSSR count). The summed E-state index contributed by atoms with van der Waals surface area (Å²) in [6, 6.07) is 19.2. The van der Waals surface area contributed by atoms with E-state index in [-0.39, 0.29) is 12.5 Å². The summed E-state index contributed by atoms with van der Waals surface area (Å²) in [6.07, 6.45) is 2.07. The van der Waals surface area contributed by atoms with Gasteiger partial charge in [0.2, 0.25) is 0 Å². The molecule has 0 saturated carbocycles. The van der Waals surface area contributed by atoms with Gasteiger partial charge in [-0.3, -0.25) is 14.4 Å². The Morgan fingerprint density at radius 2 is 1.63 bits per heavy atom. The van der Waals surface area contributed by atoms with E-state index in [0.717, 1.165) is 11.3 Å². The number of ether oxygens (including phenoxy) is 3. The lowest BCUT2D eigenvalue weighted by Crippen LogP contribution is -2.32. The summed E-state index contributed by atoms with van der Waals surface area (Å²) >= 11 is 0. The first-order valence-electron chi connectivity index (χ1n) is 12.0. The van der Waals surface area contributed by atoms with Crippen LogP contribution in [0.15, 0.2) is 71.8 Å². The van der Waals surface area contributed by atoms with Crippen molar-refractivity contribution in [2.45, 2.75) is 20.3 Å². The summed E-state index contributed by atoms with van der Waals surface area (Å²) in [6.45, 7) is 4.18. The second-order valence-electron chi connectivity index (χ2n) is 7.87. The van der Waals surface area contributed by atoms with Gasteiger partial charge in [0.05, 0.1) is 19.9 Å². The second-order valence-corrected chi connectivity index (χ2v) is 7.87. The van der Waals surface area contributed by atoms with Crippen LogP contribution in [0.5, 0.6) is 17.2 Å². The van der Waals surface area contributed by atoms with Crippen molar-refractivity contribution >= 4 is 35.3 Å². The monoisotopic (exact) mass is 518 g/mol. The standard InChI is InChI=1S/C28H30N4O6/c1-4-20-8-6-7-9-23(20)31-27(34)28(35)32-29-17-19-10-15-24(25(16-19)36-3)38-18-26(33)30-21-11-13-22(14-12-21)37-5-2/h6-17H,4-5,18H2,1-3H3,(H,30,33)(H,31,34)(H,32,35)/b29-17-. The molecule has 0 aliphatic rings. The largest absolute Gasteiger partial charge is 0.494 e. The quantitative estimate of drug-likeness (QED) is 0.202. The van der Waals surface area contributed by atoms with E-state index in [1.54, 1.807) is 54.6 Å². The van der Waals surface area contributed by atoms with Gasteiger partial charge in [0.1, 0.15) is 5.75 Å². The van der Waals surface area contributed by atoms with E-state index >= 15 is 0 Å². The van der Waals surface area contributed by atoms with Gasteiger partial charge in [0, 0.05) is 11.4 Å². The molecule has 0 saturated heterocycles. The number of hydrogen-bond acceptors (Lipinski definition) is 7. The lowest BCUT2D eigenvalue weighted by atomic mass is 10.1. The van der Waals surface area contributed by atoms with E-state index in [2.05, 4.69) is 21.2 Å². The third-order valence-corrected chi connectivity index (χ3v) is 5.23. The minimum Gasteiger partial charge on any atom is -0.494 e. The number of anilines is 2. The third-order valence-electron chi connectivity index (χ3n) is 5.23. The molecule has 0 atom stereocenters. The van der Waals surface area contributed by atoms with Gasteiger partial charge < -0.3 is 24.8 Å². The number of hydrazone groups is 1. The number of carbonyl (C=O) groups excluding carboxylic acids is 3. The topological polar surface area (TPSA) is 127 Å². The molecule has 3 aromatic rings. The number of methoxy groups -OCH3 is 1. The van der Waals surface area contributed by atoms with Crippen LogP contribution in [0.2, 0.25) is 0 Å². The fourth-order valence-electron chi connectivity index (χ4n) is 3.37. The molecular formula is C28H30N4O6. The predicted octanol–water partition coefficient (Wildman–Crippen LogP) is 3.76. The Morgan fingerprint density at radius 3 is 2.34 bits per heavy atom. The summed E-state index contributed by atoms with van der Waals surface area (Å²) in [5.41, 5.74) is 4.88. The van der Waals surface area contributed by atoms with E-state index < -0.39 is 11.8 Å². The maximum absolute atomic E-state index is 12.3. The molecule has 38 heavy (non-hydrogen) atoms. The molecule has 0 aromatic heterocycles. The van der Waals surface area contributed by atoms with Crippen molar-refractivity contribution in [1.29, 1.82) is 0 Å². The number of nitrogens with one attached hydrogen (secondary N) is 3. The Labute approximate surface area is 221 Å². The molecular weight excluding hydrogens is 488 g/mol. The Bertz CT molecular complexity index is 1290. The lowest BCUT2D eigenvalue weighted by molar-refractivity contribution is -0.136. The van der Waals surface area contributed by atoms with Crippen molar-refractivity contribution < 1.29 is 28.6 Å². The first-order chi connectivity index (χ1) is 18.4. The van der Waals surface area contributed by atoms with Crippen molar-refractivity contribution in [2.75, 3.05) is 31.0 Å². The lowest BCUT2D eigenvalue weighted by Gasteiger charge is -2.12. The Balaban J connectivity index is 1.51. The molecule has 3 amide bonds. The van der Waals surface area contributed by atoms with Crippen LogP contribution >= 0.6 is 0 Å². The molecule has 198 valence electrons. The first-order valence-corrected chi connectivity index (χ1v) is 12.0. The van der Waals surface area contributed by atoms with E-state index in [1.807, 2.05) is 26.0 Å². The number of nitrogens with zero attached hydrogens (tertiary/aromatic N) is 1. The number of carbonyl (C=O) groups is 3. The maximum atomic E-state index is 12.3. The highest BCUT2D eigenvalue weighted by Crippen LogP contribution is 2.27. The Morgan fingerprint density at radius 1 is 0.868 bits per heavy atom. The van der Waals surface area contributed by atoms with E-state index in [0.29, 0.717) is 41.5 Å². The van der Waals surface area contributed by atoms with Crippen LogP contribution in [0.1, 0.15) is 25.0 Å². The zero-order valence-corrected chi connectivity index (χ0v) is 21.4. The van der Waals surface area contributed by atoms with Gasteiger partial charge in [-0.15, -0.1) is 0 Å². The maximum Gasteiger partial charge on any atom is 0.329 e. The summed E-state index contributed by atoms with van der Waals surface area (Å²) < 4.78 is 16.3. The number of para-hydroxylation sites is 1. The molecule has 0 heterocycles. The van der Waals surface area contributed by atoms with Crippen molar-refractivity contribution in [3.63, 3.8) is 0 Å². The van der Waals surface area contributed by atoms with E-state index in [1.165, 1.54) is 13.3 Å². The van der Waals surface area contributed by atoms with Gasteiger partial charge in [-0.05, 0) is 73.0 Å². The van der Waals surface area contributed by atoms with Gasteiger partial charge in [-0.1, -0.05) is 25.1 Å². The molecule has 3 aromatic carbocycles. The van der Waals surface area contributed by atoms with Gasteiger partial charge in [0.15, 0.2) is 18.1 Å². The van der Waals surface area contributed by atoms with Crippen LogP contribution in [0.3, 0.4) is 0 Å². The SMILES string of the molecule is CCOc1ccc(NC(=O)COc2ccc(/C=N\NC(=O)C(=O)Nc3ccccc3CC)cc2OC)cc1. The van der Waals surface area contributed by atoms with Gasteiger partial charge in [-0.25, -0.2) is 5.43 Å². The fourth-order valence-corrected chi connectivity index (χ4v) is 3.37. The van der Waals surface area contributed by atoms with Crippen LogP contribution in [0, 0.1) is 0 Å². The van der Waals surface area contributed by atoms with E-state index in [9.17, 15) is 14.4 Å². The van der Waals surface area contributed by atoms with Crippen LogP contribution < -0.4 is 30.3 Å². The van der Waals surface area contributed by atoms with Crippen LogP contribution in [-0.4, -0.2) is 44.3 Å². The van der Waals surface area contributed by atoms with Gasteiger partial charge in [-0.2, -0.15) is 5.10 Å². The Hall–Kier alpha value is -4.86. The fraction of sp³-hybridized carbons (Fsp3) is 0.214. The molecule has 0 bridgehead atoms. The highest BCUT2D eigenvalue weighted by Gasteiger charge is 2.14. The first kappa shape index (κ1) is 27.7. The minimum atomic E-state index is -0.905. The summed E-state index contributed by atoms with van der Waals surface area (Å²) in [4.78, 5) is 36.6. The molecule has 10 nitrogen and oxygen atoms in total. The molecule has 0 radical (unpaired) electrons. The number of benzene rings is 3. The third kappa shape index (κ3) is 8.09. The molecule has 0 spiro atoms. The van der Waals surface area contributed by atoms with Crippen LogP contribution in [0.25, 0.3) is 0 Å². The van der Waals surface area contributed by atoms with Gasteiger partial charge in [0.25, 0.3) is 5.91 Å². The smallest absolute Gasteiger partial charge is 0.329 e. The molecule has 0 fully saturated rings. The number of hydrogen-bond donors (Lipinski definition) is 3. The molecule has 10 heteroatoms. The average molecular weight is 519 g/mol. The van der Waals surface area contributed by atoms with Crippen molar-refractivity contribution in [1.82, 2.24) is 5.43 Å². The van der Waals surface area contributed by atoms with Gasteiger partial charge >= 0.3 is 11.8 Å². The number of amides is 3. The second kappa shape index (κ2) is 14.0. The Kier molecular flexibility index (Phi) is 10.2. The zero-order chi connectivity index (χ0) is 27.3.